The van der Waals surface area contributed by atoms with Crippen molar-refractivity contribution in [3.05, 3.63) is 41.7 Å². The summed E-state index contributed by atoms with van der Waals surface area (Å²) >= 11 is 0. The number of aromatic nitrogens is 3. The average Bonchev–Trinajstić information content (AvgIpc) is 3.37. The van der Waals surface area contributed by atoms with Gasteiger partial charge in [0.15, 0.2) is 0 Å². The van der Waals surface area contributed by atoms with Crippen LogP contribution in [-0.4, -0.2) is 52.2 Å². The van der Waals surface area contributed by atoms with Crippen LogP contribution in [0.4, 0.5) is 11.6 Å². The first kappa shape index (κ1) is 20.7. The third kappa shape index (κ3) is 3.88. The summed E-state index contributed by atoms with van der Waals surface area (Å²) in [6.45, 7) is 5.76. The molecule has 32 heavy (non-hydrogen) atoms. The molecule has 1 atom stereocenters. The van der Waals surface area contributed by atoms with Crippen molar-refractivity contribution in [2.75, 3.05) is 31.7 Å². The maximum atomic E-state index is 10.4. The third-order valence-electron chi connectivity index (χ3n) is 5.80. The molecule has 166 valence electrons. The van der Waals surface area contributed by atoms with Gasteiger partial charge in [-0.1, -0.05) is 6.07 Å². The van der Waals surface area contributed by atoms with Gasteiger partial charge >= 0.3 is 0 Å². The molecule has 1 unspecified atom stereocenters. The number of nitriles is 1. The van der Waals surface area contributed by atoms with E-state index in [1.165, 1.54) is 0 Å². The minimum Gasteiger partial charge on any atom is -0.483 e. The molecule has 2 aromatic heterocycles. The van der Waals surface area contributed by atoms with E-state index < -0.39 is 5.60 Å². The predicted octanol–water partition coefficient (Wildman–Crippen LogP) is 3.01. The van der Waals surface area contributed by atoms with Crippen LogP contribution in [0.2, 0.25) is 0 Å². The molecule has 3 aromatic rings. The molecule has 0 radical (unpaired) electrons. The fraction of sp³-hybridized carbons (Fsp3) is 0.435. The first-order chi connectivity index (χ1) is 15.4. The summed E-state index contributed by atoms with van der Waals surface area (Å²) in [4.78, 5) is 9.15. The number of aliphatic hydroxyl groups is 1. The largest absolute Gasteiger partial charge is 0.483 e. The molecule has 0 saturated carbocycles. The Morgan fingerprint density at radius 1 is 1.25 bits per heavy atom. The Hall–Kier alpha value is -3.19. The van der Waals surface area contributed by atoms with Gasteiger partial charge in [0.25, 0.3) is 0 Å². The molecule has 9 heteroatoms. The van der Waals surface area contributed by atoms with E-state index in [9.17, 15) is 10.4 Å². The predicted molar refractivity (Wildman–Crippen MR) is 117 cm³/mol. The lowest BCUT2D eigenvalue weighted by Crippen LogP contribution is -2.38. The second-order valence-corrected chi connectivity index (χ2v) is 8.67. The number of rotatable bonds is 6. The molecule has 1 aromatic carbocycles. The smallest absolute Gasteiger partial charge is 0.229 e. The molecule has 5 rings (SSSR count). The fourth-order valence-electron chi connectivity index (χ4n) is 3.94. The summed E-state index contributed by atoms with van der Waals surface area (Å²) < 4.78 is 18.8. The van der Waals surface area contributed by atoms with Crippen LogP contribution in [0.3, 0.4) is 0 Å². The minimum absolute atomic E-state index is 0.0335. The minimum atomic E-state index is -1.000. The van der Waals surface area contributed by atoms with Crippen LogP contribution in [0.5, 0.6) is 5.75 Å². The number of benzene rings is 1. The van der Waals surface area contributed by atoms with Gasteiger partial charge in [0.05, 0.1) is 37.2 Å². The van der Waals surface area contributed by atoms with Gasteiger partial charge < -0.3 is 29.2 Å². The van der Waals surface area contributed by atoms with Crippen LogP contribution in [0.25, 0.3) is 11.0 Å². The number of nitrogens with one attached hydrogen (secondary N) is 1. The van der Waals surface area contributed by atoms with Crippen LogP contribution >= 0.6 is 0 Å². The van der Waals surface area contributed by atoms with Gasteiger partial charge in [-0.3, -0.25) is 0 Å². The molecule has 9 nitrogen and oxygen atoms in total. The van der Waals surface area contributed by atoms with E-state index in [1.54, 1.807) is 26.1 Å². The van der Waals surface area contributed by atoms with E-state index in [4.69, 9.17) is 19.2 Å². The molecule has 0 bridgehead atoms. The zero-order valence-electron chi connectivity index (χ0n) is 18.0. The summed E-state index contributed by atoms with van der Waals surface area (Å²) in [5, 5.41) is 24.1. The lowest BCUT2D eigenvalue weighted by Gasteiger charge is -2.29. The van der Waals surface area contributed by atoms with Gasteiger partial charge in [-0.2, -0.15) is 10.2 Å². The van der Waals surface area contributed by atoms with Crippen LogP contribution in [-0.2, 0) is 15.1 Å². The molecule has 0 spiro atoms. The Labute approximate surface area is 185 Å². The topological polar surface area (TPSA) is 114 Å². The van der Waals surface area contributed by atoms with E-state index in [0.717, 1.165) is 17.4 Å². The molecule has 2 aliphatic heterocycles. The summed E-state index contributed by atoms with van der Waals surface area (Å²) in [5.41, 5.74) is 1.67. The van der Waals surface area contributed by atoms with Crippen molar-refractivity contribution in [1.29, 1.82) is 5.26 Å². The summed E-state index contributed by atoms with van der Waals surface area (Å²) in [6.07, 6.45) is 2.52. The van der Waals surface area contributed by atoms with Crippen LogP contribution in [0, 0.1) is 11.3 Å². The molecule has 2 N–H and O–H groups in total. The SMILES string of the molecule is CC(C)(O)c1ccc(Nc2ncc3cc(C#N)n(C4CCOC4)c3n2)c(OC2COC2)c1. The van der Waals surface area contributed by atoms with Crippen molar-refractivity contribution in [3.63, 3.8) is 0 Å². The van der Waals surface area contributed by atoms with Gasteiger partial charge in [-0.05, 0) is 44.0 Å². The number of fused-ring (bicyclic) bond motifs is 1. The van der Waals surface area contributed by atoms with Crippen molar-refractivity contribution in [2.45, 2.75) is 38.0 Å². The quantitative estimate of drug-likeness (QED) is 0.607. The second-order valence-electron chi connectivity index (χ2n) is 8.67. The van der Waals surface area contributed by atoms with Crippen molar-refractivity contribution in [3.8, 4) is 11.8 Å². The van der Waals surface area contributed by atoms with Crippen molar-refractivity contribution in [2.24, 2.45) is 0 Å². The zero-order valence-corrected chi connectivity index (χ0v) is 18.0. The molecular formula is C23H25N5O4. The molecule has 4 heterocycles. The fourth-order valence-corrected chi connectivity index (χ4v) is 3.94. The van der Waals surface area contributed by atoms with E-state index in [-0.39, 0.29) is 12.1 Å². The number of anilines is 2. The Kier molecular flexibility index (Phi) is 5.21. The average molecular weight is 435 g/mol. The molecule has 2 aliphatic rings. The zero-order chi connectivity index (χ0) is 22.3. The monoisotopic (exact) mass is 435 g/mol. The van der Waals surface area contributed by atoms with E-state index in [0.29, 0.717) is 55.2 Å². The maximum Gasteiger partial charge on any atom is 0.229 e. The van der Waals surface area contributed by atoms with Crippen LogP contribution < -0.4 is 10.1 Å². The van der Waals surface area contributed by atoms with Gasteiger partial charge in [0.2, 0.25) is 5.95 Å². The van der Waals surface area contributed by atoms with Gasteiger partial charge in [-0.25, -0.2) is 4.98 Å². The first-order valence-corrected chi connectivity index (χ1v) is 10.7. The van der Waals surface area contributed by atoms with Gasteiger partial charge in [-0.15, -0.1) is 0 Å². The van der Waals surface area contributed by atoms with E-state index in [2.05, 4.69) is 16.4 Å². The number of hydrogen-bond acceptors (Lipinski definition) is 8. The lowest BCUT2D eigenvalue weighted by atomic mass is 9.98. The van der Waals surface area contributed by atoms with Crippen LogP contribution in [0.1, 0.15) is 37.6 Å². The molecule has 0 aliphatic carbocycles. The highest BCUT2D eigenvalue weighted by Gasteiger charge is 2.25. The molecule has 2 saturated heterocycles. The highest BCUT2D eigenvalue weighted by Crippen LogP contribution is 2.34. The van der Waals surface area contributed by atoms with Gasteiger partial charge in [0.1, 0.15) is 29.3 Å². The molecular weight excluding hydrogens is 410 g/mol. The van der Waals surface area contributed by atoms with Crippen molar-refractivity contribution < 1.29 is 19.3 Å². The third-order valence-corrected chi connectivity index (χ3v) is 5.80. The van der Waals surface area contributed by atoms with Gasteiger partial charge in [0, 0.05) is 18.2 Å². The highest BCUT2D eigenvalue weighted by molar-refractivity contribution is 5.79. The number of hydrogen-bond donors (Lipinski definition) is 2. The first-order valence-electron chi connectivity index (χ1n) is 10.7. The summed E-state index contributed by atoms with van der Waals surface area (Å²) in [5.74, 6) is 0.991. The van der Waals surface area contributed by atoms with Crippen molar-refractivity contribution in [1.82, 2.24) is 14.5 Å². The Balaban J connectivity index is 1.51. The Morgan fingerprint density at radius 3 is 2.75 bits per heavy atom. The molecule has 0 amide bonds. The summed E-state index contributed by atoms with van der Waals surface area (Å²) in [7, 11) is 0. The van der Waals surface area contributed by atoms with Crippen molar-refractivity contribution >= 4 is 22.7 Å². The standard InChI is InChI=1S/C23H25N5O4/c1-23(2,29)15-3-4-19(20(8-15)32-18-12-31-13-18)26-22-25-10-14-7-17(9-24)28(21(14)27-22)16-5-6-30-11-16/h3-4,7-8,10,16,18,29H,5-6,11-13H2,1-2H3,(H,25,26,27). The normalized spacial score (nSPS) is 19.0. The Bertz CT molecular complexity index is 1180. The Morgan fingerprint density at radius 2 is 2.09 bits per heavy atom. The van der Waals surface area contributed by atoms with Crippen LogP contribution in [0.15, 0.2) is 30.5 Å². The number of nitrogens with zero attached hydrogens (tertiary/aromatic N) is 4. The second kappa shape index (κ2) is 8.06. The summed E-state index contributed by atoms with van der Waals surface area (Å²) in [6, 6.07) is 9.66. The molecule has 2 fully saturated rings. The maximum absolute atomic E-state index is 10.4. The number of ether oxygens (including phenoxy) is 3. The highest BCUT2D eigenvalue weighted by atomic mass is 16.6. The van der Waals surface area contributed by atoms with E-state index in [1.807, 2.05) is 22.8 Å². The van der Waals surface area contributed by atoms with E-state index >= 15 is 0 Å². The lowest BCUT2D eigenvalue weighted by molar-refractivity contribution is -0.0795.